The number of nitrogens with one attached hydrogen (secondary N) is 2. The number of carboxylic acid groups (broad SMARTS) is 1. The van der Waals surface area contributed by atoms with Crippen LogP contribution in [0.5, 0.6) is 0 Å². The van der Waals surface area contributed by atoms with Gasteiger partial charge in [0.05, 0.1) is 5.92 Å². The van der Waals surface area contributed by atoms with Gasteiger partial charge in [-0.25, -0.2) is 0 Å². The van der Waals surface area contributed by atoms with Gasteiger partial charge in [-0.05, 0) is 12.8 Å². The molecule has 1 aliphatic carbocycles. The monoisotopic (exact) mass is 172 g/mol. The molecule has 2 fully saturated rings. The van der Waals surface area contributed by atoms with Crippen LogP contribution in [0.4, 0.5) is 0 Å². The Morgan fingerprint density at radius 1 is 1.08 bits per heavy atom. The first-order valence-corrected chi connectivity index (χ1v) is 4.45. The predicted octanol–water partition coefficient (Wildman–Crippen LogP) is -0.340. The van der Waals surface area contributed by atoms with Crippen LogP contribution in [0.25, 0.3) is 0 Å². The fourth-order valence-corrected chi connectivity index (χ4v) is 0.934. The van der Waals surface area contributed by atoms with Gasteiger partial charge >= 0.3 is 5.97 Å². The number of aliphatic carboxylic acids is 1. The van der Waals surface area contributed by atoms with Crippen LogP contribution in [0.2, 0.25) is 0 Å². The topological polar surface area (TPSA) is 61.4 Å². The molecule has 0 bridgehead atoms. The van der Waals surface area contributed by atoms with Gasteiger partial charge in [0.15, 0.2) is 0 Å². The minimum atomic E-state index is -0.630. The molecule has 3 N–H and O–H groups in total. The van der Waals surface area contributed by atoms with Crippen molar-refractivity contribution in [2.24, 2.45) is 5.92 Å². The van der Waals surface area contributed by atoms with Crippen molar-refractivity contribution < 1.29 is 9.90 Å². The maximum absolute atomic E-state index is 9.76. The summed E-state index contributed by atoms with van der Waals surface area (Å²) >= 11 is 0. The molecule has 2 rings (SSSR count). The molecule has 1 heterocycles. The summed E-state index contributed by atoms with van der Waals surface area (Å²) in [6.45, 7) is 4.56. The summed E-state index contributed by atoms with van der Waals surface area (Å²) in [6, 6.07) is 0. The van der Waals surface area contributed by atoms with Gasteiger partial charge in [-0.3, -0.25) is 4.79 Å². The lowest BCUT2D eigenvalue weighted by atomic mass is 10.4. The number of hydrogen-bond acceptors (Lipinski definition) is 3. The van der Waals surface area contributed by atoms with Gasteiger partial charge in [-0.2, -0.15) is 0 Å². The van der Waals surface area contributed by atoms with E-state index in [2.05, 4.69) is 10.6 Å². The zero-order chi connectivity index (χ0) is 8.81. The van der Waals surface area contributed by atoms with Crippen LogP contribution in [-0.2, 0) is 4.79 Å². The summed E-state index contributed by atoms with van der Waals surface area (Å²) in [4.78, 5) is 9.76. The molecule has 0 unspecified atom stereocenters. The molecule has 12 heavy (non-hydrogen) atoms. The number of piperazine rings is 1. The van der Waals surface area contributed by atoms with Crippen LogP contribution >= 0.6 is 0 Å². The second-order valence-electron chi connectivity index (χ2n) is 3.11. The Morgan fingerprint density at radius 2 is 1.50 bits per heavy atom. The first kappa shape index (κ1) is 9.48. The van der Waals surface area contributed by atoms with Gasteiger partial charge in [-0.1, -0.05) is 0 Å². The van der Waals surface area contributed by atoms with E-state index in [-0.39, 0.29) is 5.92 Å². The van der Waals surface area contributed by atoms with Gasteiger partial charge in [0.25, 0.3) is 0 Å². The van der Waals surface area contributed by atoms with E-state index < -0.39 is 5.97 Å². The first-order valence-electron chi connectivity index (χ1n) is 4.45. The van der Waals surface area contributed by atoms with Crippen LogP contribution in [0.15, 0.2) is 0 Å². The van der Waals surface area contributed by atoms with Gasteiger partial charge < -0.3 is 15.7 Å². The molecule has 4 heteroatoms. The standard InChI is InChI=1S/C4H10N2.C4H6O2/c1-2-6-4-3-5-1;5-4(6)3-1-2-3/h5-6H,1-4H2;3H,1-2H2,(H,5,6). The minimum absolute atomic E-state index is 0.0185. The van der Waals surface area contributed by atoms with E-state index in [0.29, 0.717) is 0 Å². The zero-order valence-electron chi connectivity index (χ0n) is 7.18. The average Bonchev–Trinajstić information content (AvgIpc) is 2.90. The molecule has 0 aromatic rings. The minimum Gasteiger partial charge on any atom is -0.481 e. The summed E-state index contributed by atoms with van der Waals surface area (Å²) in [7, 11) is 0. The largest absolute Gasteiger partial charge is 0.481 e. The molecule has 0 aromatic carbocycles. The van der Waals surface area contributed by atoms with Crippen molar-refractivity contribution in [1.82, 2.24) is 10.6 Å². The molecule has 0 aromatic heterocycles. The van der Waals surface area contributed by atoms with E-state index in [9.17, 15) is 4.79 Å². The maximum Gasteiger partial charge on any atom is 0.306 e. The summed E-state index contributed by atoms with van der Waals surface area (Å²) in [6.07, 6.45) is 1.80. The summed E-state index contributed by atoms with van der Waals surface area (Å²) in [5.74, 6) is -0.611. The summed E-state index contributed by atoms with van der Waals surface area (Å²) in [5.41, 5.74) is 0. The van der Waals surface area contributed by atoms with Gasteiger partial charge in [0, 0.05) is 26.2 Å². The fourth-order valence-electron chi connectivity index (χ4n) is 0.934. The van der Waals surface area contributed by atoms with E-state index in [1.807, 2.05) is 0 Å². The predicted molar refractivity (Wildman–Crippen MR) is 46.1 cm³/mol. The molecule has 1 saturated heterocycles. The highest BCUT2D eigenvalue weighted by molar-refractivity contribution is 5.72. The molecule has 1 saturated carbocycles. The van der Waals surface area contributed by atoms with Crippen molar-refractivity contribution in [2.45, 2.75) is 12.8 Å². The molecule has 70 valence electrons. The summed E-state index contributed by atoms with van der Waals surface area (Å²) < 4.78 is 0. The molecule has 0 atom stereocenters. The van der Waals surface area contributed by atoms with Crippen LogP contribution < -0.4 is 10.6 Å². The van der Waals surface area contributed by atoms with E-state index in [1.54, 1.807) is 0 Å². The Kier molecular flexibility index (Phi) is 4.04. The van der Waals surface area contributed by atoms with E-state index >= 15 is 0 Å². The molecule has 1 aliphatic heterocycles. The van der Waals surface area contributed by atoms with E-state index in [0.717, 1.165) is 39.0 Å². The Balaban J connectivity index is 0.000000120. The van der Waals surface area contributed by atoms with E-state index in [4.69, 9.17) is 5.11 Å². The average molecular weight is 172 g/mol. The lowest BCUT2D eigenvalue weighted by Crippen LogP contribution is -2.39. The van der Waals surface area contributed by atoms with Crippen LogP contribution in [0, 0.1) is 5.92 Å². The Bertz CT molecular complexity index is 130. The van der Waals surface area contributed by atoms with Gasteiger partial charge in [0.2, 0.25) is 0 Å². The zero-order valence-corrected chi connectivity index (χ0v) is 7.18. The first-order chi connectivity index (χ1) is 5.80. The third kappa shape index (κ3) is 4.31. The van der Waals surface area contributed by atoms with Crippen LogP contribution in [-0.4, -0.2) is 37.3 Å². The smallest absolute Gasteiger partial charge is 0.306 e. The normalized spacial score (nSPS) is 22.3. The Labute approximate surface area is 72.3 Å². The Hall–Kier alpha value is -0.610. The molecule has 2 aliphatic rings. The molecule has 0 amide bonds. The second-order valence-corrected chi connectivity index (χ2v) is 3.11. The third-order valence-electron chi connectivity index (χ3n) is 1.88. The van der Waals surface area contributed by atoms with Crippen LogP contribution in [0.3, 0.4) is 0 Å². The molecule has 4 nitrogen and oxygen atoms in total. The fraction of sp³-hybridized carbons (Fsp3) is 0.875. The maximum atomic E-state index is 9.76. The van der Waals surface area contributed by atoms with Crippen LogP contribution in [0.1, 0.15) is 12.8 Å². The summed E-state index contributed by atoms with van der Waals surface area (Å²) in [5, 5.41) is 14.5. The second kappa shape index (κ2) is 5.11. The van der Waals surface area contributed by atoms with Gasteiger partial charge in [0.1, 0.15) is 0 Å². The van der Waals surface area contributed by atoms with Crippen molar-refractivity contribution in [2.75, 3.05) is 26.2 Å². The molecular weight excluding hydrogens is 156 g/mol. The van der Waals surface area contributed by atoms with Crippen molar-refractivity contribution in [3.05, 3.63) is 0 Å². The highest BCUT2D eigenvalue weighted by Crippen LogP contribution is 2.28. The van der Waals surface area contributed by atoms with Gasteiger partial charge in [-0.15, -0.1) is 0 Å². The van der Waals surface area contributed by atoms with Crippen molar-refractivity contribution in [3.63, 3.8) is 0 Å². The number of carbonyl (C=O) groups is 1. The van der Waals surface area contributed by atoms with Crippen molar-refractivity contribution in [3.8, 4) is 0 Å². The number of carboxylic acids is 1. The molecule has 0 spiro atoms. The quantitative estimate of drug-likeness (QED) is 0.506. The van der Waals surface area contributed by atoms with E-state index in [1.165, 1.54) is 0 Å². The third-order valence-corrected chi connectivity index (χ3v) is 1.88. The highest BCUT2D eigenvalue weighted by atomic mass is 16.4. The number of hydrogen-bond donors (Lipinski definition) is 3. The highest BCUT2D eigenvalue weighted by Gasteiger charge is 2.28. The lowest BCUT2D eigenvalue weighted by molar-refractivity contribution is -0.138. The molecule has 0 radical (unpaired) electrons. The Morgan fingerprint density at radius 3 is 1.58 bits per heavy atom. The van der Waals surface area contributed by atoms with Crippen molar-refractivity contribution in [1.29, 1.82) is 0 Å². The number of rotatable bonds is 1. The lowest BCUT2D eigenvalue weighted by Gasteiger charge is -2.11. The van der Waals surface area contributed by atoms with Crippen molar-refractivity contribution >= 4 is 5.97 Å². The molecular formula is C8H16N2O2. The SMILES string of the molecule is C1CNCCN1.O=C(O)C1CC1.